The first-order valence-corrected chi connectivity index (χ1v) is 38.4. The average Bonchev–Trinajstić information content (AvgIpc) is 1.54. The SMILES string of the molecule is c1ccc(-c2ccc(N3c4cc(-n5c6ccccc6c6ccccc65)cc5c4B(c4cc6c(cc4N5c4ccc5c(c4)C4(c7ccccc7-c7ccccc74)c4ccccc4-5)-c4ccccc4C64c5ccccc5-c5ccccc54)c4c3ccc3c4C4(c5ccccc5-c5ccccc54)c4ccccc4-3)cc2)cc1. The number of para-hydroxylation sites is 2. The molecular weight excluding hydrogens is 1310 g/mol. The monoisotopic (exact) mass is 1380 g/mol. The van der Waals surface area contributed by atoms with Crippen molar-refractivity contribution in [3.8, 4) is 83.6 Å². The molecule has 0 atom stereocenters. The minimum atomic E-state index is -0.708. The Kier molecular flexibility index (Phi) is 11.2. The molecule has 1 aromatic heterocycles. The van der Waals surface area contributed by atoms with Gasteiger partial charge in [0.15, 0.2) is 0 Å². The zero-order chi connectivity index (χ0) is 70.7. The van der Waals surface area contributed by atoms with Crippen LogP contribution >= 0.6 is 0 Å². The minimum absolute atomic E-state index is 0.337. The van der Waals surface area contributed by atoms with Crippen molar-refractivity contribution in [2.75, 3.05) is 9.80 Å². The van der Waals surface area contributed by atoms with E-state index in [1.54, 1.807) is 0 Å². The molecule has 0 N–H and O–H groups in total. The molecule has 0 unspecified atom stereocenters. The number of aromatic nitrogens is 1. The van der Waals surface area contributed by atoms with Gasteiger partial charge >= 0.3 is 0 Å². The second kappa shape index (κ2) is 20.8. The van der Waals surface area contributed by atoms with Crippen molar-refractivity contribution in [3.63, 3.8) is 0 Å². The van der Waals surface area contributed by atoms with Crippen LogP contribution in [-0.2, 0) is 16.2 Å². The third-order valence-corrected chi connectivity index (χ3v) is 26.6. The van der Waals surface area contributed by atoms with Gasteiger partial charge in [0.05, 0.1) is 33.0 Å². The maximum atomic E-state index is 2.77. The first-order chi connectivity index (χ1) is 54.1. The molecule has 109 heavy (non-hydrogen) atoms. The van der Waals surface area contributed by atoms with Gasteiger partial charge in [-0.25, -0.2) is 0 Å². The van der Waals surface area contributed by atoms with Crippen LogP contribution in [0.5, 0.6) is 0 Å². The van der Waals surface area contributed by atoms with E-state index < -0.39 is 16.2 Å². The Morgan fingerprint density at radius 1 is 0.202 bits per heavy atom. The van der Waals surface area contributed by atoms with Gasteiger partial charge in [-0.15, -0.1) is 0 Å². The zero-order valence-electron chi connectivity index (χ0n) is 59.2. The second-order valence-electron chi connectivity index (χ2n) is 31.1. The van der Waals surface area contributed by atoms with Crippen molar-refractivity contribution in [2.24, 2.45) is 0 Å². The van der Waals surface area contributed by atoms with Crippen molar-refractivity contribution in [2.45, 2.75) is 16.2 Å². The number of nitrogens with zero attached hydrogens (tertiary/aromatic N) is 3. The summed E-state index contributed by atoms with van der Waals surface area (Å²) < 4.78 is 2.56. The molecule has 18 aromatic rings. The predicted molar refractivity (Wildman–Crippen MR) is 449 cm³/mol. The first kappa shape index (κ1) is 58.5. The molecule has 26 rings (SSSR count). The summed E-state index contributed by atoms with van der Waals surface area (Å²) >= 11 is 0. The highest BCUT2D eigenvalue weighted by Crippen LogP contribution is 2.68. The maximum Gasteiger partial charge on any atom is 0.252 e. The van der Waals surface area contributed by atoms with Gasteiger partial charge in [0, 0.05) is 44.9 Å². The van der Waals surface area contributed by atoms with Crippen molar-refractivity contribution in [3.05, 3.63) is 443 Å². The van der Waals surface area contributed by atoms with Crippen LogP contribution in [-0.4, -0.2) is 11.3 Å². The molecule has 0 bridgehead atoms. The van der Waals surface area contributed by atoms with Crippen LogP contribution < -0.4 is 26.2 Å². The fraction of sp³-hybridized carbons (Fsp3) is 0.0286. The van der Waals surface area contributed by atoms with E-state index in [1.165, 1.54) is 183 Å². The molecule has 0 radical (unpaired) electrons. The zero-order valence-corrected chi connectivity index (χ0v) is 59.2. The van der Waals surface area contributed by atoms with Gasteiger partial charge in [-0.05, 0) is 222 Å². The Hall–Kier alpha value is -13.8. The molecule has 3 spiro atoms. The van der Waals surface area contributed by atoms with Gasteiger partial charge in [-0.1, -0.05) is 315 Å². The summed E-state index contributed by atoms with van der Waals surface area (Å²) in [5, 5.41) is 2.44. The van der Waals surface area contributed by atoms with E-state index in [4.69, 9.17) is 0 Å². The van der Waals surface area contributed by atoms with E-state index in [1.807, 2.05) is 0 Å². The Balaban J connectivity index is 0.857. The van der Waals surface area contributed by atoms with Crippen LogP contribution in [0.25, 0.3) is 105 Å². The number of benzene rings is 17. The summed E-state index contributed by atoms with van der Waals surface area (Å²) in [6, 6.07) is 146. The highest BCUT2D eigenvalue weighted by molar-refractivity contribution is 7.01. The number of rotatable bonds is 4. The lowest BCUT2D eigenvalue weighted by Crippen LogP contribution is -2.63. The summed E-state index contributed by atoms with van der Waals surface area (Å²) in [4.78, 5) is 5.45. The van der Waals surface area contributed by atoms with Crippen molar-refractivity contribution >= 4 is 79.0 Å². The number of hydrogen-bond donors (Lipinski definition) is 0. The van der Waals surface area contributed by atoms with E-state index >= 15 is 0 Å². The smallest absolute Gasteiger partial charge is 0.252 e. The fourth-order valence-corrected chi connectivity index (χ4v) is 22.8. The van der Waals surface area contributed by atoms with Crippen LogP contribution in [0.2, 0.25) is 0 Å². The molecule has 3 nitrogen and oxygen atoms in total. The Morgan fingerprint density at radius 3 is 1.02 bits per heavy atom. The summed E-state index contributed by atoms with van der Waals surface area (Å²) in [6.07, 6.45) is 0. The van der Waals surface area contributed by atoms with Gasteiger partial charge in [-0.2, -0.15) is 0 Å². The molecule has 4 heteroatoms. The molecule has 0 saturated heterocycles. The lowest BCUT2D eigenvalue weighted by Gasteiger charge is -2.47. The Bertz CT molecular complexity index is 6930. The molecule has 6 aliphatic carbocycles. The predicted octanol–water partition coefficient (Wildman–Crippen LogP) is 23.6. The molecule has 0 fully saturated rings. The number of fused-ring (bicyclic) bond motifs is 38. The average molecular weight is 1380 g/mol. The summed E-state index contributed by atoms with van der Waals surface area (Å²) in [5.74, 6) is 0. The number of hydrogen-bond acceptors (Lipinski definition) is 2. The van der Waals surface area contributed by atoms with Crippen LogP contribution in [0.4, 0.5) is 34.1 Å². The highest BCUT2D eigenvalue weighted by Gasteiger charge is 2.59. The normalized spacial score (nSPS) is 15.0. The van der Waals surface area contributed by atoms with Gasteiger partial charge in [0.2, 0.25) is 0 Å². The fourth-order valence-electron chi connectivity index (χ4n) is 22.8. The summed E-state index contributed by atoms with van der Waals surface area (Å²) in [7, 11) is 0. The van der Waals surface area contributed by atoms with E-state index in [0.717, 1.165) is 39.5 Å². The first-order valence-electron chi connectivity index (χ1n) is 38.4. The van der Waals surface area contributed by atoms with E-state index in [2.05, 4.69) is 390 Å². The van der Waals surface area contributed by atoms with Gasteiger partial charge in [0.25, 0.3) is 6.71 Å². The van der Waals surface area contributed by atoms with Gasteiger partial charge < -0.3 is 14.4 Å². The van der Waals surface area contributed by atoms with Crippen molar-refractivity contribution in [1.82, 2.24) is 4.57 Å². The topological polar surface area (TPSA) is 11.4 Å². The summed E-state index contributed by atoms with van der Waals surface area (Å²) in [6.45, 7) is -0.337. The number of anilines is 6. The molecule has 2 aliphatic heterocycles. The summed E-state index contributed by atoms with van der Waals surface area (Å²) in [5.41, 5.74) is 45.8. The standard InChI is InChI=1S/C105H62BN3/c1-2-26-63(27-3-1)64-50-52-65(53-51-64)107-96-57-56-80-75-35-11-23-47-90(75)105(88-45-21-9-32-72(88)73-33-10-22-46-89(73)105)100(80)102(96)106-93-62-92-81(76-36-12-20-44-87(76)104(92)84-41-17-6-30-70(84)71-31-7-18-42-85(71)104)61-97(93)108(99-60-67(59-98(107)101(99)106)109-94-48-24-13-37-78(94)79-38-14-25-49-95(79)109)66-54-55-77-74-34-8-19-43-86(74)103(91(77)58-66)82-39-15-4-28-68(82)69-29-5-16-40-83(69)103/h1-62H. The Labute approximate surface area is 631 Å². The quantitative estimate of drug-likeness (QED) is 0.163. The minimum Gasteiger partial charge on any atom is -0.311 e. The van der Waals surface area contributed by atoms with Crippen molar-refractivity contribution in [1.29, 1.82) is 0 Å². The van der Waals surface area contributed by atoms with Gasteiger partial charge in [0.1, 0.15) is 0 Å². The van der Waals surface area contributed by atoms with E-state index in [9.17, 15) is 0 Å². The van der Waals surface area contributed by atoms with E-state index in [0.29, 0.717) is 0 Å². The van der Waals surface area contributed by atoms with E-state index in [-0.39, 0.29) is 6.71 Å². The highest BCUT2D eigenvalue weighted by atomic mass is 15.2. The third kappa shape index (κ3) is 6.96. The molecule has 17 aromatic carbocycles. The van der Waals surface area contributed by atoms with Crippen molar-refractivity contribution < 1.29 is 0 Å². The lowest BCUT2D eigenvalue weighted by molar-refractivity contribution is 0.793. The largest absolute Gasteiger partial charge is 0.311 e. The van der Waals surface area contributed by atoms with Crippen LogP contribution in [0.3, 0.4) is 0 Å². The molecule has 8 aliphatic rings. The van der Waals surface area contributed by atoms with Crippen LogP contribution in [0, 0.1) is 0 Å². The second-order valence-corrected chi connectivity index (χ2v) is 31.1. The molecule has 500 valence electrons. The lowest BCUT2D eigenvalue weighted by atomic mass is 9.31. The van der Waals surface area contributed by atoms with Gasteiger partial charge in [-0.3, -0.25) is 0 Å². The third-order valence-electron chi connectivity index (χ3n) is 26.6. The van der Waals surface area contributed by atoms with Crippen LogP contribution in [0.15, 0.2) is 376 Å². The maximum absolute atomic E-state index is 2.77. The molecule has 0 amide bonds. The molecular formula is C105H62BN3. The van der Waals surface area contributed by atoms with Crippen LogP contribution in [0.1, 0.15) is 66.8 Å². The Morgan fingerprint density at radius 2 is 0.550 bits per heavy atom. The molecule has 0 saturated carbocycles. The molecule has 3 heterocycles.